The highest BCUT2D eigenvalue weighted by Crippen LogP contribution is 2.65. The van der Waals surface area contributed by atoms with Gasteiger partial charge in [0.1, 0.15) is 18.0 Å². The van der Waals surface area contributed by atoms with Crippen molar-refractivity contribution in [1.82, 2.24) is 19.8 Å². The number of benzene rings is 2. The van der Waals surface area contributed by atoms with E-state index in [1.54, 1.807) is 32.2 Å². The number of rotatable bonds is 7. The standard InChI is InChI=1S/C37H35F4N5O4/c1-17-7-20(38)8-18(2)29(17)19-9-24(31(41)27(40)10-19)37(11-25(37)35(49)50)43-33(47)32-30-26(36(30,3)4)16-45(32)34(48)23-12-42-46-15-22(5-6-28(23)46)44-13-21(39)14-44/h5-10,12,15,21,25-26,30,32H,11,13-14,16H2,1-4H3,(H,43,47)(H,49,50)/t25-,26+,30+,32+,37+/m1/s1. The Morgan fingerprint density at radius 3 is 2.34 bits per heavy atom. The molecular formula is C37H35F4N5O4. The van der Waals surface area contributed by atoms with E-state index >= 15 is 8.78 Å². The monoisotopic (exact) mass is 689 g/mol. The Morgan fingerprint density at radius 1 is 1.00 bits per heavy atom. The lowest BCUT2D eigenvalue weighted by Gasteiger charge is -2.36. The van der Waals surface area contributed by atoms with E-state index in [0.717, 1.165) is 11.8 Å². The number of amides is 2. The summed E-state index contributed by atoms with van der Waals surface area (Å²) in [7, 11) is 0. The molecule has 260 valence electrons. The van der Waals surface area contributed by atoms with Crippen LogP contribution in [0.25, 0.3) is 16.6 Å². The SMILES string of the molecule is Cc1cc(F)cc(C)c1-c1cc(F)c(F)c([C@@]2(NC(=O)[C@@H]3[C@@H]4[C@H](CN3C(=O)c3cnn5cc(N6CC(F)C6)ccc35)C4(C)C)C[C@@H]2C(=O)O)c1. The molecule has 4 heterocycles. The molecule has 2 saturated carbocycles. The Hall–Kier alpha value is -4.94. The quantitative estimate of drug-likeness (QED) is 0.252. The van der Waals surface area contributed by atoms with Crippen molar-refractivity contribution in [1.29, 1.82) is 0 Å². The summed E-state index contributed by atoms with van der Waals surface area (Å²) in [5.41, 5.74) is 0.754. The number of aryl methyl sites for hydroxylation is 2. The van der Waals surface area contributed by atoms with E-state index in [9.17, 15) is 28.3 Å². The van der Waals surface area contributed by atoms with Gasteiger partial charge in [0.05, 0.1) is 53.7 Å². The van der Waals surface area contributed by atoms with Gasteiger partial charge >= 0.3 is 5.97 Å². The zero-order valence-electron chi connectivity index (χ0n) is 27.8. The largest absolute Gasteiger partial charge is 0.481 e. The molecule has 4 aliphatic rings. The molecule has 13 heteroatoms. The number of carbonyl (C=O) groups is 3. The van der Waals surface area contributed by atoms with Crippen molar-refractivity contribution in [2.45, 2.75) is 51.9 Å². The molecule has 2 aliphatic heterocycles. The number of nitrogens with zero attached hydrogens (tertiary/aromatic N) is 4. The first-order valence-electron chi connectivity index (χ1n) is 16.6. The number of carboxylic acids is 1. The minimum absolute atomic E-state index is 0.0111. The van der Waals surface area contributed by atoms with Gasteiger partial charge in [-0.15, -0.1) is 0 Å². The molecule has 2 N–H and O–H groups in total. The molecular weight excluding hydrogens is 654 g/mol. The molecule has 2 amide bonds. The summed E-state index contributed by atoms with van der Waals surface area (Å²) < 4.78 is 60.2. The fraction of sp³-hybridized carbons (Fsp3) is 0.405. The molecule has 4 fully saturated rings. The van der Waals surface area contributed by atoms with E-state index in [-0.39, 0.29) is 60.0 Å². The average molecular weight is 690 g/mol. The van der Waals surface area contributed by atoms with Gasteiger partial charge < -0.3 is 20.2 Å². The summed E-state index contributed by atoms with van der Waals surface area (Å²) in [6.45, 7) is 8.09. The molecule has 0 spiro atoms. The van der Waals surface area contributed by atoms with E-state index < -0.39 is 58.9 Å². The number of nitrogens with one attached hydrogen (secondary N) is 1. The summed E-state index contributed by atoms with van der Waals surface area (Å²) in [6, 6.07) is 7.35. The van der Waals surface area contributed by atoms with Gasteiger partial charge in [0.15, 0.2) is 11.6 Å². The van der Waals surface area contributed by atoms with Gasteiger partial charge in [-0.25, -0.2) is 22.1 Å². The normalized spacial score (nSPS) is 26.5. The molecule has 2 aromatic carbocycles. The van der Waals surface area contributed by atoms with Crippen molar-refractivity contribution in [2.75, 3.05) is 24.5 Å². The maximum absolute atomic E-state index is 15.8. The molecule has 2 aliphatic carbocycles. The summed E-state index contributed by atoms with van der Waals surface area (Å²) >= 11 is 0. The second-order valence-electron chi connectivity index (χ2n) is 14.9. The molecule has 8 rings (SSSR count). The van der Waals surface area contributed by atoms with Crippen LogP contribution in [0.3, 0.4) is 0 Å². The lowest BCUT2D eigenvalue weighted by atomic mass is 9.91. The van der Waals surface area contributed by atoms with E-state index in [1.807, 2.05) is 18.7 Å². The minimum Gasteiger partial charge on any atom is -0.481 e. The third-order valence-electron chi connectivity index (χ3n) is 11.6. The molecule has 5 atom stereocenters. The number of aliphatic carboxylic acids is 1. The molecule has 2 saturated heterocycles. The Balaban J connectivity index is 1.13. The third kappa shape index (κ3) is 4.72. The number of carboxylic acid groups (broad SMARTS) is 1. The predicted molar refractivity (Wildman–Crippen MR) is 175 cm³/mol. The Bertz CT molecular complexity index is 2120. The first-order chi connectivity index (χ1) is 23.6. The number of likely N-dealkylation sites (tertiary alicyclic amines) is 1. The summed E-state index contributed by atoms with van der Waals surface area (Å²) in [5, 5.41) is 17.2. The smallest absolute Gasteiger partial charge is 0.309 e. The Labute approximate surface area is 284 Å². The first-order valence-corrected chi connectivity index (χ1v) is 16.6. The second kappa shape index (κ2) is 10.8. The van der Waals surface area contributed by atoms with E-state index in [2.05, 4.69) is 10.4 Å². The third-order valence-corrected chi connectivity index (χ3v) is 11.6. The van der Waals surface area contributed by atoms with E-state index in [1.165, 1.54) is 33.8 Å². The molecule has 0 radical (unpaired) electrons. The van der Waals surface area contributed by atoms with Crippen LogP contribution in [0.15, 0.2) is 48.8 Å². The van der Waals surface area contributed by atoms with Crippen LogP contribution >= 0.6 is 0 Å². The number of aromatic nitrogens is 2. The van der Waals surface area contributed by atoms with Gasteiger partial charge in [-0.3, -0.25) is 14.4 Å². The van der Waals surface area contributed by atoms with Crippen LogP contribution in [0.1, 0.15) is 47.3 Å². The molecule has 4 aromatic rings. The number of fused-ring (bicyclic) bond motifs is 2. The van der Waals surface area contributed by atoms with Crippen molar-refractivity contribution < 1.29 is 37.1 Å². The topological polar surface area (TPSA) is 107 Å². The van der Waals surface area contributed by atoms with Gasteiger partial charge in [0.2, 0.25) is 5.91 Å². The number of halogens is 4. The van der Waals surface area contributed by atoms with Gasteiger partial charge in [-0.1, -0.05) is 13.8 Å². The molecule has 50 heavy (non-hydrogen) atoms. The van der Waals surface area contributed by atoms with Crippen molar-refractivity contribution >= 4 is 29.0 Å². The lowest BCUT2D eigenvalue weighted by Crippen LogP contribution is -2.53. The molecule has 2 aromatic heterocycles. The van der Waals surface area contributed by atoms with Gasteiger partial charge in [-0.2, -0.15) is 5.10 Å². The zero-order valence-corrected chi connectivity index (χ0v) is 27.8. The van der Waals surface area contributed by atoms with Crippen molar-refractivity contribution in [3.63, 3.8) is 0 Å². The number of alkyl halides is 1. The van der Waals surface area contributed by atoms with Crippen molar-refractivity contribution in [3.05, 3.63) is 88.5 Å². The Morgan fingerprint density at radius 2 is 1.70 bits per heavy atom. The number of anilines is 1. The zero-order chi connectivity index (χ0) is 35.6. The molecule has 0 unspecified atom stereocenters. The summed E-state index contributed by atoms with van der Waals surface area (Å²) in [5.74, 6) is -6.92. The summed E-state index contributed by atoms with van der Waals surface area (Å²) in [4.78, 5) is 44.2. The highest BCUT2D eigenvalue weighted by Gasteiger charge is 2.71. The number of carbonyl (C=O) groups excluding carboxylic acids is 2. The van der Waals surface area contributed by atoms with Crippen LogP contribution in [-0.4, -0.2) is 69.3 Å². The fourth-order valence-electron chi connectivity index (χ4n) is 8.69. The number of hydrogen-bond donors (Lipinski definition) is 2. The highest BCUT2D eigenvalue weighted by molar-refractivity contribution is 6.03. The highest BCUT2D eigenvalue weighted by atomic mass is 19.2. The predicted octanol–water partition coefficient (Wildman–Crippen LogP) is 5.41. The fourth-order valence-corrected chi connectivity index (χ4v) is 8.69. The number of hydrogen-bond acceptors (Lipinski definition) is 5. The van der Waals surface area contributed by atoms with Crippen LogP contribution < -0.4 is 10.2 Å². The number of pyridine rings is 1. The van der Waals surface area contributed by atoms with Crippen LogP contribution in [0.4, 0.5) is 23.2 Å². The Kier molecular flexibility index (Phi) is 6.96. The molecule has 0 bridgehead atoms. The van der Waals surface area contributed by atoms with Crippen molar-refractivity contribution in [2.24, 2.45) is 23.2 Å². The van der Waals surface area contributed by atoms with Crippen LogP contribution in [0.2, 0.25) is 0 Å². The summed E-state index contributed by atoms with van der Waals surface area (Å²) in [6.07, 6.45) is 2.06. The average Bonchev–Trinajstić information content (AvgIpc) is 3.66. The maximum Gasteiger partial charge on any atom is 0.309 e. The maximum atomic E-state index is 15.8. The van der Waals surface area contributed by atoms with Gasteiger partial charge in [0, 0.05) is 12.1 Å². The van der Waals surface area contributed by atoms with E-state index in [4.69, 9.17) is 0 Å². The minimum atomic E-state index is -1.78. The van der Waals surface area contributed by atoms with Crippen molar-refractivity contribution in [3.8, 4) is 11.1 Å². The van der Waals surface area contributed by atoms with E-state index in [0.29, 0.717) is 22.2 Å². The lowest BCUT2D eigenvalue weighted by molar-refractivity contribution is -0.139. The number of piperidine rings is 1. The van der Waals surface area contributed by atoms with Crippen LogP contribution in [0, 0.1) is 54.5 Å². The molecule has 9 nitrogen and oxygen atoms in total. The second-order valence-corrected chi connectivity index (χ2v) is 14.9. The van der Waals surface area contributed by atoms with Crippen LogP contribution in [-0.2, 0) is 15.1 Å². The van der Waals surface area contributed by atoms with Gasteiger partial charge in [0.25, 0.3) is 5.91 Å². The van der Waals surface area contributed by atoms with Crippen LogP contribution in [0.5, 0.6) is 0 Å². The van der Waals surface area contributed by atoms with Gasteiger partial charge in [-0.05, 0) is 96.2 Å². The first kappa shape index (κ1) is 32.3.